The molecule has 2 amide bonds. The molecule has 8 heteroatoms. The van der Waals surface area contributed by atoms with Gasteiger partial charge in [0.2, 0.25) is 0 Å². The SMILES string of the molecule is O=C1[C@H]2N=NN(c3ccc(F)cc3)[C@H]2C(=O)N1c1ccc(F)cc1. The van der Waals surface area contributed by atoms with Crippen LogP contribution >= 0.6 is 0 Å². The monoisotopic (exact) mass is 328 g/mol. The van der Waals surface area contributed by atoms with Gasteiger partial charge in [0.1, 0.15) is 11.6 Å². The van der Waals surface area contributed by atoms with Crippen molar-refractivity contribution in [2.45, 2.75) is 12.1 Å². The summed E-state index contributed by atoms with van der Waals surface area (Å²) in [7, 11) is 0. The molecule has 2 heterocycles. The highest BCUT2D eigenvalue weighted by Gasteiger charge is 2.55. The molecular formula is C16H10F2N4O2. The quantitative estimate of drug-likeness (QED) is 0.796. The summed E-state index contributed by atoms with van der Waals surface area (Å²) in [6, 6.07) is 8.53. The molecule has 6 nitrogen and oxygen atoms in total. The number of carbonyl (C=O) groups is 2. The maximum atomic E-state index is 13.1. The molecule has 0 aromatic heterocycles. The average Bonchev–Trinajstić information content (AvgIpc) is 3.11. The van der Waals surface area contributed by atoms with Gasteiger partial charge in [0.05, 0.1) is 11.4 Å². The van der Waals surface area contributed by atoms with Crippen molar-refractivity contribution in [3.63, 3.8) is 0 Å². The minimum atomic E-state index is -0.965. The lowest BCUT2D eigenvalue weighted by atomic mass is 10.1. The largest absolute Gasteiger partial charge is 0.271 e. The highest BCUT2D eigenvalue weighted by atomic mass is 19.1. The molecule has 0 N–H and O–H groups in total. The second-order valence-electron chi connectivity index (χ2n) is 5.40. The molecule has 2 aliphatic rings. The molecule has 2 aromatic rings. The number of carbonyl (C=O) groups excluding carboxylic acids is 2. The van der Waals surface area contributed by atoms with Crippen molar-refractivity contribution >= 4 is 23.2 Å². The smallest absolute Gasteiger partial charge is 0.263 e. The summed E-state index contributed by atoms with van der Waals surface area (Å²) in [6.07, 6.45) is 0. The van der Waals surface area contributed by atoms with E-state index in [0.29, 0.717) is 5.69 Å². The molecule has 0 bridgehead atoms. The Kier molecular flexibility index (Phi) is 3.12. The predicted molar refractivity (Wildman–Crippen MR) is 80.2 cm³/mol. The molecule has 0 unspecified atom stereocenters. The van der Waals surface area contributed by atoms with Gasteiger partial charge in [-0.1, -0.05) is 5.22 Å². The Morgan fingerprint density at radius 3 is 1.92 bits per heavy atom. The summed E-state index contributed by atoms with van der Waals surface area (Å²) in [6.45, 7) is 0. The van der Waals surface area contributed by atoms with Crippen LogP contribution in [0.3, 0.4) is 0 Å². The van der Waals surface area contributed by atoms with E-state index < -0.39 is 35.5 Å². The van der Waals surface area contributed by atoms with E-state index in [9.17, 15) is 18.4 Å². The van der Waals surface area contributed by atoms with E-state index in [0.717, 1.165) is 4.90 Å². The molecule has 0 radical (unpaired) electrons. The van der Waals surface area contributed by atoms with Gasteiger partial charge in [-0.15, -0.1) is 0 Å². The zero-order valence-electron chi connectivity index (χ0n) is 12.1. The highest BCUT2D eigenvalue weighted by molar-refractivity contribution is 6.26. The van der Waals surface area contributed by atoms with E-state index in [1.807, 2.05) is 0 Å². The minimum Gasteiger partial charge on any atom is -0.271 e. The average molecular weight is 328 g/mol. The van der Waals surface area contributed by atoms with Gasteiger partial charge in [0, 0.05) is 0 Å². The Bertz CT molecular complexity index is 851. The summed E-state index contributed by atoms with van der Waals surface area (Å²) in [5.41, 5.74) is 0.727. The molecule has 1 fully saturated rings. The number of amides is 2. The van der Waals surface area contributed by atoms with Crippen LogP contribution in [0.15, 0.2) is 58.9 Å². The first kappa shape index (κ1) is 14.4. The predicted octanol–water partition coefficient (Wildman–Crippen LogP) is 2.46. The Morgan fingerprint density at radius 1 is 0.792 bits per heavy atom. The van der Waals surface area contributed by atoms with Crippen LogP contribution in [0.4, 0.5) is 20.2 Å². The van der Waals surface area contributed by atoms with E-state index in [-0.39, 0.29) is 5.69 Å². The summed E-state index contributed by atoms with van der Waals surface area (Å²) in [5, 5.41) is 9.04. The number of halogens is 2. The van der Waals surface area contributed by atoms with Crippen LogP contribution in [0.2, 0.25) is 0 Å². The van der Waals surface area contributed by atoms with Gasteiger partial charge >= 0.3 is 0 Å². The van der Waals surface area contributed by atoms with Gasteiger partial charge in [-0.05, 0) is 48.5 Å². The van der Waals surface area contributed by atoms with Crippen LogP contribution in [-0.2, 0) is 9.59 Å². The minimum absolute atomic E-state index is 0.273. The van der Waals surface area contributed by atoms with Crippen LogP contribution in [0.1, 0.15) is 0 Å². The van der Waals surface area contributed by atoms with E-state index in [4.69, 9.17) is 0 Å². The van der Waals surface area contributed by atoms with Gasteiger partial charge in [0.25, 0.3) is 11.8 Å². The van der Waals surface area contributed by atoms with Crippen molar-refractivity contribution in [1.29, 1.82) is 0 Å². The lowest BCUT2D eigenvalue weighted by Gasteiger charge is -2.20. The number of imide groups is 1. The maximum Gasteiger partial charge on any atom is 0.263 e. The van der Waals surface area contributed by atoms with Crippen LogP contribution in [0, 0.1) is 11.6 Å². The summed E-state index contributed by atoms with van der Waals surface area (Å²) >= 11 is 0. The Hall–Kier alpha value is -3.16. The van der Waals surface area contributed by atoms with Gasteiger partial charge in [-0.2, -0.15) is 5.11 Å². The zero-order valence-corrected chi connectivity index (χ0v) is 12.1. The summed E-state index contributed by atoms with van der Waals surface area (Å²) in [5.74, 6) is -1.92. The molecule has 0 aliphatic carbocycles. The number of anilines is 2. The molecule has 0 saturated carbocycles. The first-order valence-corrected chi connectivity index (χ1v) is 7.15. The fourth-order valence-corrected chi connectivity index (χ4v) is 2.81. The molecule has 24 heavy (non-hydrogen) atoms. The topological polar surface area (TPSA) is 65.3 Å². The second-order valence-corrected chi connectivity index (χ2v) is 5.40. The molecule has 1 saturated heterocycles. The van der Waals surface area contributed by atoms with Crippen LogP contribution in [0.5, 0.6) is 0 Å². The fraction of sp³-hybridized carbons (Fsp3) is 0.125. The molecule has 120 valence electrons. The number of benzene rings is 2. The lowest BCUT2D eigenvalue weighted by Crippen LogP contribution is -2.39. The first-order chi connectivity index (χ1) is 11.6. The van der Waals surface area contributed by atoms with Crippen LogP contribution in [-0.4, -0.2) is 23.9 Å². The van der Waals surface area contributed by atoms with Crippen molar-refractivity contribution in [2.75, 3.05) is 9.91 Å². The Labute approximate surface area is 135 Å². The fourth-order valence-electron chi connectivity index (χ4n) is 2.81. The second kappa shape index (κ2) is 5.19. The lowest BCUT2D eigenvalue weighted by molar-refractivity contribution is -0.121. The van der Waals surface area contributed by atoms with Crippen molar-refractivity contribution in [3.05, 3.63) is 60.2 Å². The van der Waals surface area contributed by atoms with E-state index in [1.54, 1.807) is 0 Å². The van der Waals surface area contributed by atoms with Gasteiger partial charge < -0.3 is 0 Å². The van der Waals surface area contributed by atoms with Gasteiger partial charge in [0.15, 0.2) is 12.1 Å². The summed E-state index contributed by atoms with van der Waals surface area (Å²) < 4.78 is 26.1. The van der Waals surface area contributed by atoms with E-state index in [1.165, 1.54) is 53.5 Å². The van der Waals surface area contributed by atoms with Crippen LogP contribution in [0.25, 0.3) is 0 Å². The number of rotatable bonds is 2. The third-order valence-electron chi connectivity index (χ3n) is 3.96. The van der Waals surface area contributed by atoms with E-state index in [2.05, 4.69) is 10.3 Å². The van der Waals surface area contributed by atoms with Crippen molar-refractivity contribution < 1.29 is 18.4 Å². The Balaban J connectivity index is 1.69. The number of hydrogen-bond acceptors (Lipinski definition) is 5. The number of fused-ring (bicyclic) bond motifs is 1. The molecule has 2 aromatic carbocycles. The van der Waals surface area contributed by atoms with Crippen LogP contribution < -0.4 is 9.91 Å². The van der Waals surface area contributed by atoms with Gasteiger partial charge in [-0.25, -0.2) is 18.7 Å². The third kappa shape index (κ3) is 2.07. The molecular weight excluding hydrogens is 318 g/mol. The van der Waals surface area contributed by atoms with Crippen molar-refractivity contribution in [2.24, 2.45) is 10.3 Å². The molecule has 4 rings (SSSR count). The Morgan fingerprint density at radius 2 is 1.33 bits per heavy atom. The van der Waals surface area contributed by atoms with Crippen molar-refractivity contribution in [3.8, 4) is 0 Å². The molecule has 2 aliphatic heterocycles. The summed E-state index contributed by atoms with van der Waals surface area (Å²) in [4.78, 5) is 26.2. The van der Waals surface area contributed by atoms with E-state index >= 15 is 0 Å². The van der Waals surface area contributed by atoms with Crippen molar-refractivity contribution in [1.82, 2.24) is 0 Å². The highest BCUT2D eigenvalue weighted by Crippen LogP contribution is 2.34. The van der Waals surface area contributed by atoms with Gasteiger partial charge in [-0.3, -0.25) is 9.59 Å². The third-order valence-corrected chi connectivity index (χ3v) is 3.96. The zero-order chi connectivity index (χ0) is 16.8. The number of hydrogen-bond donors (Lipinski definition) is 0. The standard InChI is InChI=1S/C16H10F2N4O2/c17-9-1-5-11(6-2-9)21-15(23)13-14(16(21)24)22(20-19-13)12-7-3-10(18)4-8-12/h1-8,13-14H/t13-,14+/m0/s1. The normalized spacial score (nSPS) is 22.4. The maximum absolute atomic E-state index is 13.1. The number of nitrogens with zero attached hydrogens (tertiary/aromatic N) is 4. The first-order valence-electron chi connectivity index (χ1n) is 7.15. The molecule has 0 spiro atoms. The molecule has 2 atom stereocenters.